The maximum Gasteiger partial charge on any atom is 0.416 e. The van der Waals surface area contributed by atoms with Gasteiger partial charge in [-0.15, -0.1) is 0 Å². The van der Waals surface area contributed by atoms with Crippen LogP contribution in [-0.4, -0.2) is 16.8 Å². The van der Waals surface area contributed by atoms with E-state index in [1.54, 1.807) is 48.5 Å². The van der Waals surface area contributed by atoms with Crippen LogP contribution >= 0.6 is 11.8 Å². The fourth-order valence-electron chi connectivity index (χ4n) is 3.91. The molecule has 3 aromatic carbocycles. The molecule has 6 nitrogen and oxygen atoms in total. The summed E-state index contributed by atoms with van der Waals surface area (Å²) in [4.78, 5) is 26.2. The molecule has 0 spiro atoms. The third-order valence-corrected chi connectivity index (χ3v) is 6.62. The molecular weight excluding hydrogens is 495 g/mol. The summed E-state index contributed by atoms with van der Waals surface area (Å²) in [6.45, 7) is 0. The predicted molar refractivity (Wildman–Crippen MR) is 129 cm³/mol. The highest BCUT2D eigenvalue weighted by atomic mass is 32.2. The Morgan fingerprint density at radius 2 is 1.72 bits per heavy atom. The van der Waals surface area contributed by atoms with E-state index in [1.165, 1.54) is 23.8 Å². The molecule has 2 aromatic heterocycles. The van der Waals surface area contributed by atoms with E-state index < -0.39 is 33.6 Å². The Hall–Kier alpha value is -4.18. The Bertz CT molecular complexity index is 1740. The molecule has 0 fully saturated rings. The van der Waals surface area contributed by atoms with Crippen LogP contribution in [-0.2, 0) is 6.18 Å². The van der Waals surface area contributed by atoms with Gasteiger partial charge in [0.15, 0.2) is 11.3 Å². The molecular formula is C26H16F3NO5S. The first kappa shape index (κ1) is 23.6. The molecule has 1 N–H and O–H groups in total. The number of alkyl halides is 3. The lowest BCUT2D eigenvalue weighted by molar-refractivity contribution is -0.137. The largest absolute Gasteiger partial charge is 0.505 e. The van der Waals surface area contributed by atoms with Gasteiger partial charge in [-0.25, -0.2) is 4.79 Å². The summed E-state index contributed by atoms with van der Waals surface area (Å²) in [5.41, 5.74) is -1.86. The molecule has 10 heteroatoms. The summed E-state index contributed by atoms with van der Waals surface area (Å²) in [7, 11) is 1.47. The minimum Gasteiger partial charge on any atom is -0.505 e. The lowest BCUT2D eigenvalue weighted by atomic mass is 10.1. The van der Waals surface area contributed by atoms with Gasteiger partial charge in [-0.2, -0.15) is 13.2 Å². The van der Waals surface area contributed by atoms with E-state index in [0.717, 1.165) is 12.1 Å². The summed E-state index contributed by atoms with van der Waals surface area (Å²) in [6, 6.07) is 17.7. The Labute approximate surface area is 205 Å². The number of aromatic hydroxyl groups is 1. The smallest absolute Gasteiger partial charge is 0.416 e. The van der Waals surface area contributed by atoms with Crippen LogP contribution in [0.4, 0.5) is 13.2 Å². The molecule has 2 heterocycles. The molecule has 0 radical (unpaired) electrons. The number of rotatable bonds is 4. The van der Waals surface area contributed by atoms with Gasteiger partial charge in [0.25, 0.3) is 5.56 Å². The van der Waals surface area contributed by atoms with Gasteiger partial charge in [0.1, 0.15) is 16.0 Å². The number of methoxy groups -OCH3 is 1. The second-order valence-electron chi connectivity index (χ2n) is 7.76. The molecule has 5 aromatic rings. The third-order valence-electron chi connectivity index (χ3n) is 5.56. The fraction of sp³-hybridized carbons (Fsp3) is 0.0769. The molecule has 36 heavy (non-hydrogen) atoms. The summed E-state index contributed by atoms with van der Waals surface area (Å²) in [5.74, 6) is -0.217. The molecule has 0 aliphatic rings. The van der Waals surface area contributed by atoms with Crippen molar-refractivity contribution in [1.29, 1.82) is 0 Å². The van der Waals surface area contributed by atoms with Crippen molar-refractivity contribution in [1.82, 2.24) is 4.57 Å². The minimum atomic E-state index is -4.59. The number of nitrogens with zero attached hydrogens (tertiary/aromatic N) is 1. The normalized spacial score (nSPS) is 11.8. The lowest BCUT2D eigenvalue weighted by Gasteiger charge is -2.15. The Kier molecular flexibility index (Phi) is 5.76. The summed E-state index contributed by atoms with van der Waals surface area (Å²) in [6.07, 6.45) is -4.59. The lowest BCUT2D eigenvalue weighted by Crippen LogP contribution is -2.20. The molecule has 0 unspecified atom stereocenters. The standard InChI is InChI=1S/C26H16F3NO5S/c1-34-16-10-11-18-19(13-16)30(15-7-3-2-4-8-15)24(32)20-21(31)23(25(33)35-22(18)20)36-17-9-5-6-14(12-17)26(27,28)29/h2-13,31H,1H3. The van der Waals surface area contributed by atoms with Crippen molar-refractivity contribution in [3.63, 3.8) is 0 Å². The molecule has 0 saturated carbocycles. The van der Waals surface area contributed by atoms with Gasteiger partial charge in [0.2, 0.25) is 0 Å². The quantitative estimate of drug-likeness (QED) is 0.299. The van der Waals surface area contributed by atoms with Crippen molar-refractivity contribution in [3.8, 4) is 17.2 Å². The molecule has 0 bridgehead atoms. The van der Waals surface area contributed by atoms with Crippen LogP contribution in [0.3, 0.4) is 0 Å². The van der Waals surface area contributed by atoms with Crippen LogP contribution < -0.4 is 15.9 Å². The number of hydrogen-bond donors (Lipinski definition) is 1. The number of aromatic nitrogens is 1. The number of halogens is 3. The van der Waals surface area contributed by atoms with Crippen molar-refractivity contribution >= 4 is 33.6 Å². The highest BCUT2D eigenvalue weighted by Gasteiger charge is 2.31. The van der Waals surface area contributed by atoms with E-state index in [-0.39, 0.29) is 15.9 Å². The average molecular weight is 511 g/mol. The zero-order chi connectivity index (χ0) is 25.6. The van der Waals surface area contributed by atoms with Gasteiger partial charge >= 0.3 is 11.8 Å². The Balaban J connectivity index is 1.81. The minimum absolute atomic E-state index is 0.0423. The van der Waals surface area contributed by atoms with E-state index in [4.69, 9.17) is 9.15 Å². The van der Waals surface area contributed by atoms with Crippen LogP contribution in [0.15, 0.2) is 96.6 Å². The first-order chi connectivity index (χ1) is 17.2. The zero-order valence-electron chi connectivity index (χ0n) is 18.5. The van der Waals surface area contributed by atoms with Crippen LogP contribution in [0.2, 0.25) is 0 Å². The van der Waals surface area contributed by atoms with Crippen LogP contribution in [0.5, 0.6) is 11.5 Å². The number of pyridine rings is 1. The Morgan fingerprint density at radius 1 is 0.972 bits per heavy atom. The van der Waals surface area contributed by atoms with Crippen LogP contribution in [0, 0.1) is 0 Å². The third kappa shape index (κ3) is 3.99. The maximum atomic E-state index is 13.7. The van der Waals surface area contributed by atoms with E-state index in [9.17, 15) is 27.9 Å². The summed E-state index contributed by atoms with van der Waals surface area (Å²) < 4.78 is 51.6. The van der Waals surface area contributed by atoms with Crippen LogP contribution in [0.25, 0.3) is 27.6 Å². The summed E-state index contributed by atoms with van der Waals surface area (Å²) in [5, 5.41) is 11.2. The monoisotopic (exact) mass is 511 g/mol. The fourth-order valence-corrected chi connectivity index (χ4v) is 4.80. The van der Waals surface area contributed by atoms with Gasteiger partial charge in [-0.1, -0.05) is 36.0 Å². The maximum absolute atomic E-state index is 13.7. The summed E-state index contributed by atoms with van der Waals surface area (Å²) >= 11 is 0.583. The second-order valence-corrected chi connectivity index (χ2v) is 8.84. The van der Waals surface area contributed by atoms with Gasteiger partial charge < -0.3 is 14.3 Å². The number of benzene rings is 3. The Morgan fingerprint density at radius 3 is 2.42 bits per heavy atom. The molecule has 0 saturated heterocycles. The predicted octanol–water partition coefficient (Wildman–Crippen LogP) is 5.98. The molecule has 0 aliphatic heterocycles. The number of hydrogen-bond acceptors (Lipinski definition) is 6. The van der Waals surface area contributed by atoms with Crippen molar-refractivity contribution in [2.45, 2.75) is 16.0 Å². The number of para-hydroxylation sites is 1. The van der Waals surface area contributed by atoms with E-state index in [0.29, 0.717) is 34.1 Å². The highest BCUT2D eigenvalue weighted by Crippen LogP contribution is 2.39. The van der Waals surface area contributed by atoms with Crippen molar-refractivity contribution in [2.24, 2.45) is 0 Å². The van der Waals surface area contributed by atoms with Crippen molar-refractivity contribution in [2.75, 3.05) is 7.11 Å². The number of fused-ring (bicyclic) bond motifs is 3. The SMILES string of the molecule is COc1ccc2c3oc(=O)c(Sc4cccc(C(F)(F)F)c4)c(O)c3c(=O)n(-c3ccccc3)c2c1. The van der Waals surface area contributed by atoms with Crippen LogP contribution in [0.1, 0.15) is 5.56 Å². The van der Waals surface area contributed by atoms with Gasteiger partial charge in [-0.05, 0) is 42.5 Å². The first-order valence-electron chi connectivity index (χ1n) is 10.5. The van der Waals surface area contributed by atoms with Crippen molar-refractivity contribution < 1.29 is 27.4 Å². The topological polar surface area (TPSA) is 81.7 Å². The molecule has 0 amide bonds. The van der Waals surface area contributed by atoms with Gasteiger partial charge in [0, 0.05) is 22.0 Å². The molecule has 182 valence electrons. The second kappa shape index (κ2) is 8.80. The number of ether oxygens (including phenoxy) is 1. The van der Waals surface area contributed by atoms with E-state index in [1.807, 2.05) is 0 Å². The average Bonchev–Trinajstić information content (AvgIpc) is 2.86. The highest BCUT2D eigenvalue weighted by molar-refractivity contribution is 7.99. The zero-order valence-corrected chi connectivity index (χ0v) is 19.3. The molecule has 0 atom stereocenters. The van der Waals surface area contributed by atoms with Gasteiger partial charge in [0.05, 0.1) is 18.2 Å². The van der Waals surface area contributed by atoms with Crippen molar-refractivity contribution in [3.05, 3.63) is 99.1 Å². The van der Waals surface area contributed by atoms with Gasteiger partial charge in [-0.3, -0.25) is 9.36 Å². The molecule has 5 rings (SSSR count). The van der Waals surface area contributed by atoms with E-state index in [2.05, 4.69) is 0 Å². The molecule has 0 aliphatic carbocycles. The first-order valence-corrected chi connectivity index (χ1v) is 11.3. The van der Waals surface area contributed by atoms with E-state index >= 15 is 0 Å².